The first-order chi connectivity index (χ1) is 4.83. The van der Waals surface area contributed by atoms with E-state index in [0.29, 0.717) is 6.42 Å². The van der Waals surface area contributed by atoms with Gasteiger partial charge in [-0.2, -0.15) is 5.26 Å². The maximum atomic E-state index is 8.25. The summed E-state index contributed by atoms with van der Waals surface area (Å²) in [6.45, 7) is 0. The van der Waals surface area contributed by atoms with Gasteiger partial charge in [-0.15, -0.1) is 0 Å². The number of hydrogen-bond acceptors (Lipinski definition) is 4. The highest BCUT2D eigenvalue weighted by atomic mass is 15.0. The fraction of sp³-hybridized carbons (Fsp3) is 0.167. The van der Waals surface area contributed by atoms with Crippen molar-refractivity contribution < 1.29 is 0 Å². The molecule has 4 heteroatoms. The molecule has 0 unspecified atom stereocenters. The van der Waals surface area contributed by atoms with E-state index in [0.717, 1.165) is 5.56 Å². The molecule has 50 valence electrons. The average molecular weight is 134 g/mol. The Balaban J connectivity index is 2.81. The lowest BCUT2D eigenvalue weighted by Gasteiger charge is -1.91. The van der Waals surface area contributed by atoms with Crippen LogP contribution in [0.5, 0.6) is 0 Å². The zero-order valence-electron chi connectivity index (χ0n) is 5.28. The van der Waals surface area contributed by atoms with Crippen LogP contribution in [0.15, 0.2) is 12.4 Å². The molecule has 0 spiro atoms. The van der Waals surface area contributed by atoms with Crippen molar-refractivity contribution in [3.8, 4) is 6.07 Å². The molecule has 0 atom stereocenters. The van der Waals surface area contributed by atoms with E-state index in [4.69, 9.17) is 11.0 Å². The Kier molecular flexibility index (Phi) is 1.80. The molecule has 1 heterocycles. The lowest BCUT2D eigenvalue weighted by Crippen LogP contribution is -1.94. The normalized spacial score (nSPS) is 8.70. The smallest absolute Gasteiger partial charge is 0.219 e. The third-order valence-electron chi connectivity index (χ3n) is 1.01. The van der Waals surface area contributed by atoms with Crippen LogP contribution in [0.3, 0.4) is 0 Å². The van der Waals surface area contributed by atoms with Crippen LogP contribution in [0.1, 0.15) is 5.56 Å². The summed E-state index contributed by atoms with van der Waals surface area (Å²) in [6, 6.07) is 1.98. The largest absolute Gasteiger partial charge is 0.368 e. The molecule has 4 nitrogen and oxygen atoms in total. The predicted molar refractivity (Wildman–Crippen MR) is 35.8 cm³/mol. The van der Waals surface area contributed by atoms with E-state index in [1.165, 1.54) is 0 Å². The van der Waals surface area contributed by atoms with Gasteiger partial charge in [-0.1, -0.05) is 0 Å². The van der Waals surface area contributed by atoms with Crippen molar-refractivity contribution >= 4 is 5.95 Å². The quantitative estimate of drug-likeness (QED) is 0.592. The molecule has 0 radical (unpaired) electrons. The Morgan fingerprint density at radius 1 is 1.50 bits per heavy atom. The van der Waals surface area contributed by atoms with Gasteiger partial charge in [0.25, 0.3) is 0 Å². The minimum absolute atomic E-state index is 0.238. The van der Waals surface area contributed by atoms with Crippen molar-refractivity contribution in [3.63, 3.8) is 0 Å². The minimum Gasteiger partial charge on any atom is -0.368 e. The van der Waals surface area contributed by atoms with Gasteiger partial charge in [-0.05, 0) is 0 Å². The van der Waals surface area contributed by atoms with Gasteiger partial charge >= 0.3 is 0 Å². The Bertz CT molecular complexity index is 245. The van der Waals surface area contributed by atoms with Gasteiger partial charge in [0.05, 0.1) is 12.5 Å². The SMILES string of the molecule is N#CCc1cnc(N)nc1. The number of nitrogen functional groups attached to an aromatic ring is 1. The Labute approximate surface area is 58.3 Å². The highest BCUT2D eigenvalue weighted by Gasteiger charge is 1.90. The molecule has 1 aromatic rings. The van der Waals surface area contributed by atoms with E-state index < -0.39 is 0 Å². The monoisotopic (exact) mass is 134 g/mol. The third kappa shape index (κ3) is 1.42. The Hall–Kier alpha value is -1.63. The summed E-state index contributed by atoms with van der Waals surface area (Å²) in [6.07, 6.45) is 3.43. The number of hydrogen-bond donors (Lipinski definition) is 1. The zero-order chi connectivity index (χ0) is 7.40. The van der Waals surface area contributed by atoms with Gasteiger partial charge < -0.3 is 5.73 Å². The lowest BCUT2D eigenvalue weighted by atomic mass is 10.3. The van der Waals surface area contributed by atoms with E-state index in [1.54, 1.807) is 12.4 Å². The van der Waals surface area contributed by atoms with E-state index in [-0.39, 0.29) is 5.95 Å². The highest BCUT2D eigenvalue weighted by Crippen LogP contribution is 1.95. The number of rotatable bonds is 1. The maximum Gasteiger partial charge on any atom is 0.219 e. The van der Waals surface area contributed by atoms with E-state index in [1.807, 2.05) is 6.07 Å². The molecule has 0 fully saturated rings. The molecule has 0 aliphatic carbocycles. The number of anilines is 1. The molecule has 0 saturated heterocycles. The van der Waals surface area contributed by atoms with Gasteiger partial charge in [0.15, 0.2) is 0 Å². The first kappa shape index (κ1) is 6.49. The van der Waals surface area contributed by atoms with E-state index >= 15 is 0 Å². The van der Waals surface area contributed by atoms with Crippen LogP contribution < -0.4 is 5.73 Å². The van der Waals surface area contributed by atoms with Crippen LogP contribution in [0, 0.1) is 11.3 Å². The van der Waals surface area contributed by atoms with Crippen LogP contribution in [0.25, 0.3) is 0 Å². The van der Waals surface area contributed by atoms with Crippen molar-refractivity contribution in [2.45, 2.75) is 6.42 Å². The third-order valence-corrected chi connectivity index (χ3v) is 1.01. The van der Waals surface area contributed by atoms with Crippen molar-refractivity contribution in [1.82, 2.24) is 9.97 Å². The number of aromatic nitrogens is 2. The number of nitrogens with two attached hydrogens (primary N) is 1. The van der Waals surface area contributed by atoms with Gasteiger partial charge in [0, 0.05) is 18.0 Å². The Morgan fingerprint density at radius 3 is 2.60 bits per heavy atom. The van der Waals surface area contributed by atoms with Crippen LogP contribution in [-0.2, 0) is 6.42 Å². The van der Waals surface area contributed by atoms with E-state index in [9.17, 15) is 0 Å². The second-order valence-electron chi connectivity index (χ2n) is 1.78. The molecular weight excluding hydrogens is 128 g/mol. The summed E-state index contributed by atoms with van der Waals surface area (Å²) in [4.78, 5) is 7.43. The molecule has 0 bridgehead atoms. The zero-order valence-corrected chi connectivity index (χ0v) is 5.28. The van der Waals surface area contributed by atoms with Gasteiger partial charge in [-0.3, -0.25) is 0 Å². The molecule has 0 aliphatic heterocycles. The molecule has 1 rings (SSSR count). The first-order valence-corrected chi connectivity index (χ1v) is 2.76. The molecule has 0 aromatic carbocycles. The average Bonchev–Trinajstić information content (AvgIpc) is 1.95. The van der Waals surface area contributed by atoms with Gasteiger partial charge in [0.1, 0.15) is 0 Å². The summed E-state index contributed by atoms with van der Waals surface area (Å²) < 4.78 is 0. The Morgan fingerprint density at radius 2 is 2.10 bits per heavy atom. The topological polar surface area (TPSA) is 75.6 Å². The highest BCUT2D eigenvalue weighted by molar-refractivity contribution is 5.18. The second-order valence-corrected chi connectivity index (χ2v) is 1.78. The second kappa shape index (κ2) is 2.78. The van der Waals surface area contributed by atoms with E-state index in [2.05, 4.69) is 9.97 Å². The lowest BCUT2D eigenvalue weighted by molar-refractivity contribution is 1.11. The number of nitriles is 1. The van der Waals surface area contributed by atoms with Crippen LogP contribution >= 0.6 is 0 Å². The standard InChI is InChI=1S/C6H6N4/c7-2-1-5-3-9-6(8)10-4-5/h3-4H,1H2,(H2,8,9,10). The molecule has 0 saturated carbocycles. The van der Waals surface area contributed by atoms with Crippen LogP contribution in [-0.4, -0.2) is 9.97 Å². The molecular formula is C6H6N4. The van der Waals surface area contributed by atoms with Crippen molar-refractivity contribution in [2.24, 2.45) is 0 Å². The summed E-state index contributed by atoms with van der Waals surface area (Å²) >= 11 is 0. The number of nitrogens with zero attached hydrogens (tertiary/aromatic N) is 3. The fourth-order valence-corrected chi connectivity index (χ4v) is 0.547. The molecule has 1 aromatic heterocycles. The summed E-state index contributed by atoms with van der Waals surface area (Å²) in [7, 11) is 0. The van der Waals surface area contributed by atoms with Gasteiger partial charge in [0.2, 0.25) is 5.95 Å². The predicted octanol–water partition coefficient (Wildman–Crippen LogP) is 0.125. The van der Waals surface area contributed by atoms with Gasteiger partial charge in [-0.25, -0.2) is 9.97 Å². The summed E-state index contributed by atoms with van der Waals surface area (Å²) in [5.74, 6) is 0.238. The maximum absolute atomic E-state index is 8.25. The minimum atomic E-state index is 0.238. The first-order valence-electron chi connectivity index (χ1n) is 2.76. The molecule has 0 aliphatic rings. The molecule has 2 N–H and O–H groups in total. The van der Waals surface area contributed by atoms with Crippen molar-refractivity contribution in [3.05, 3.63) is 18.0 Å². The van der Waals surface area contributed by atoms with Crippen molar-refractivity contribution in [2.75, 3.05) is 5.73 Å². The van der Waals surface area contributed by atoms with Crippen molar-refractivity contribution in [1.29, 1.82) is 5.26 Å². The summed E-state index contributed by atoms with van der Waals surface area (Å²) in [5.41, 5.74) is 6.01. The summed E-state index contributed by atoms with van der Waals surface area (Å²) in [5, 5.41) is 8.25. The fourth-order valence-electron chi connectivity index (χ4n) is 0.547. The molecule has 10 heavy (non-hydrogen) atoms. The molecule has 0 amide bonds. The van der Waals surface area contributed by atoms with Crippen LogP contribution in [0.2, 0.25) is 0 Å². The van der Waals surface area contributed by atoms with Crippen LogP contribution in [0.4, 0.5) is 5.95 Å².